The average Bonchev–Trinajstić information content (AvgIpc) is 2.71. The summed E-state index contributed by atoms with van der Waals surface area (Å²) in [4.78, 5) is 11.8. The molecule has 0 heterocycles. The summed E-state index contributed by atoms with van der Waals surface area (Å²) in [7, 11) is 0. The number of hydrogen-bond acceptors (Lipinski definition) is 3. The molecule has 2 N–H and O–H groups in total. The molecule has 0 aromatic heterocycles. The number of phenols is 1. The van der Waals surface area contributed by atoms with Gasteiger partial charge in [-0.3, -0.25) is 4.79 Å². The van der Waals surface area contributed by atoms with Gasteiger partial charge in [-0.15, -0.1) is 0 Å². The molecule has 1 fully saturated rings. The van der Waals surface area contributed by atoms with E-state index in [4.69, 9.17) is 0 Å². The monoisotopic (exact) mass is 242 g/mol. The van der Waals surface area contributed by atoms with Crippen LogP contribution < -0.4 is 5.43 Å². The highest BCUT2D eigenvalue weighted by Gasteiger charge is 2.37. The van der Waals surface area contributed by atoms with Gasteiger partial charge in [0.25, 0.3) is 5.91 Å². The molecule has 0 spiro atoms. The molecule has 2 aliphatic rings. The minimum Gasteiger partial charge on any atom is -0.508 e. The Kier molecular flexibility index (Phi) is 2.63. The van der Waals surface area contributed by atoms with Crippen LogP contribution in [-0.2, 0) is 0 Å². The smallest absolute Gasteiger partial charge is 0.271 e. The maximum atomic E-state index is 11.8. The number of aromatic hydroxyl groups is 1. The summed E-state index contributed by atoms with van der Waals surface area (Å²) in [6, 6.07) is 6.24. The normalized spacial score (nSPS) is 26.8. The van der Waals surface area contributed by atoms with E-state index in [2.05, 4.69) is 22.7 Å². The van der Waals surface area contributed by atoms with Crippen molar-refractivity contribution in [2.24, 2.45) is 16.9 Å². The maximum Gasteiger partial charge on any atom is 0.271 e. The zero-order valence-corrected chi connectivity index (χ0v) is 9.84. The van der Waals surface area contributed by atoms with E-state index >= 15 is 0 Å². The number of phenolic OH excluding ortho intramolecular Hbond substituents is 1. The first-order valence-corrected chi connectivity index (χ1v) is 6.06. The SMILES string of the molecule is O=C(N/N=C1/C[C@@H]2C=CC[C@@H]12)c1cccc(O)c1. The Morgan fingerprint density at radius 3 is 3.11 bits per heavy atom. The quantitative estimate of drug-likeness (QED) is 0.616. The zero-order chi connectivity index (χ0) is 12.5. The van der Waals surface area contributed by atoms with Gasteiger partial charge in [0.1, 0.15) is 5.75 Å². The summed E-state index contributed by atoms with van der Waals surface area (Å²) in [5, 5.41) is 13.5. The third kappa shape index (κ3) is 1.90. The molecular formula is C14H14N2O2. The first-order chi connectivity index (χ1) is 8.74. The molecule has 0 unspecified atom stereocenters. The van der Waals surface area contributed by atoms with Crippen LogP contribution in [0.2, 0.25) is 0 Å². The Hall–Kier alpha value is -2.10. The molecule has 1 aromatic carbocycles. The lowest BCUT2D eigenvalue weighted by atomic mass is 9.74. The van der Waals surface area contributed by atoms with E-state index in [1.54, 1.807) is 12.1 Å². The number of amides is 1. The van der Waals surface area contributed by atoms with Gasteiger partial charge >= 0.3 is 0 Å². The van der Waals surface area contributed by atoms with Crippen LogP contribution in [0.4, 0.5) is 0 Å². The van der Waals surface area contributed by atoms with Crippen LogP contribution in [-0.4, -0.2) is 16.7 Å². The molecule has 4 heteroatoms. The first kappa shape index (κ1) is 11.0. The molecule has 3 rings (SSSR count). The second-order valence-electron chi connectivity index (χ2n) is 4.73. The molecule has 2 aliphatic carbocycles. The molecule has 1 aromatic rings. The number of hydrogen-bond donors (Lipinski definition) is 2. The summed E-state index contributed by atoms with van der Waals surface area (Å²) >= 11 is 0. The lowest BCUT2D eigenvalue weighted by molar-refractivity contribution is 0.0953. The van der Waals surface area contributed by atoms with Crippen molar-refractivity contribution in [3.05, 3.63) is 42.0 Å². The molecule has 18 heavy (non-hydrogen) atoms. The highest BCUT2D eigenvalue weighted by molar-refractivity contribution is 5.98. The topological polar surface area (TPSA) is 61.7 Å². The Morgan fingerprint density at radius 2 is 2.33 bits per heavy atom. The van der Waals surface area contributed by atoms with Gasteiger partial charge in [0.05, 0.1) is 0 Å². The van der Waals surface area contributed by atoms with Crippen LogP contribution in [0.5, 0.6) is 5.75 Å². The molecule has 92 valence electrons. The van der Waals surface area contributed by atoms with Crippen LogP contribution in [0, 0.1) is 11.8 Å². The van der Waals surface area contributed by atoms with Gasteiger partial charge in [-0.1, -0.05) is 18.2 Å². The fourth-order valence-corrected chi connectivity index (χ4v) is 2.50. The van der Waals surface area contributed by atoms with Crippen LogP contribution in [0.15, 0.2) is 41.5 Å². The Balaban J connectivity index is 1.64. The molecular weight excluding hydrogens is 228 g/mol. The number of fused-ring (bicyclic) bond motifs is 1. The number of nitrogens with one attached hydrogen (secondary N) is 1. The number of carbonyl (C=O) groups excluding carboxylic acids is 1. The highest BCUT2D eigenvalue weighted by Crippen LogP contribution is 2.40. The summed E-state index contributed by atoms with van der Waals surface area (Å²) in [5.74, 6) is 0.919. The van der Waals surface area contributed by atoms with Gasteiger partial charge < -0.3 is 5.11 Å². The van der Waals surface area contributed by atoms with Gasteiger partial charge in [0, 0.05) is 17.2 Å². The molecule has 0 aliphatic heterocycles. The molecule has 1 saturated carbocycles. The minimum absolute atomic E-state index is 0.0824. The third-order valence-electron chi connectivity index (χ3n) is 3.57. The Bertz CT molecular complexity index is 548. The Labute approximate surface area is 105 Å². The van der Waals surface area contributed by atoms with Crippen LogP contribution in [0.25, 0.3) is 0 Å². The lowest BCUT2D eigenvalue weighted by Gasteiger charge is -2.31. The van der Waals surface area contributed by atoms with Crippen molar-refractivity contribution >= 4 is 11.6 Å². The molecule has 0 radical (unpaired) electrons. The van der Waals surface area contributed by atoms with Crippen molar-refractivity contribution in [1.29, 1.82) is 0 Å². The predicted octanol–water partition coefficient (Wildman–Crippen LogP) is 2.07. The first-order valence-electron chi connectivity index (χ1n) is 6.06. The second kappa shape index (κ2) is 4.29. The van der Waals surface area contributed by atoms with Gasteiger partial charge in [0.2, 0.25) is 0 Å². The van der Waals surface area contributed by atoms with Crippen molar-refractivity contribution in [2.75, 3.05) is 0 Å². The molecule has 4 nitrogen and oxygen atoms in total. The van der Waals surface area contributed by atoms with Crippen molar-refractivity contribution in [2.45, 2.75) is 12.8 Å². The fourth-order valence-electron chi connectivity index (χ4n) is 2.50. The molecule has 1 amide bonds. The zero-order valence-electron chi connectivity index (χ0n) is 9.84. The number of rotatable bonds is 2. The number of hydrazone groups is 1. The van der Waals surface area contributed by atoms with Gasteiger partial charge in [-0.05, 0) is 37.0 Å². The third-order valence-corrected chi connectivity index (χ3v) is 3.57. The van der Waals surface area contributed by atoms with Gasteiger partial charge in [0.15, 0.2) is 0 Å². The lowest BCUT2D eigenvalue weighted by Crippen LogP contribution is -2.35. The van der Waals surface area contributed by atoms with E-state index in [1.165, 1.54) is 12.1 Å². The van der Waals surface area contributed by atoms with E-state index in [9.17, 15) is 9.90 Å². The summed E-state index contributed by atoms with van der Waals surface area (Å²) < 4.78 is 0. The summed E-state index contributed by atoms with van der Waals surface area (Å²) in [5.41, 5.74) is 4.04. The average molecular weight is 242 g/mol. The maximum absolute atomic E-state index is 11.8. The number of benzene rings is 1. The van der Waals surface area contributed by atoms with Crippen LogP contribution in [0.1, 0.15) is 23.2 Å². The second-order valence-corrected chi connectivity index (χ2v) is 4.73. The van der Waals surface area contributed by atoms with E-state index in [-0.39, 0.29) is 11.7 Å². The van der Waals surface area contributed by atoms with Crippen molar-refractivity contribution in [3.63, 3.8) is 0 Å². The number of nitrogens with zero attached hydrogens (tertiary/aromatic N) is 1. The summed E-state index contributed by atoms with van der Waals surface area (Å²) in [6.07, 6.45) is 6.38. The van der Waals surface area contributed by atoms with Crippen molar-refractivity contribution < 1.29 is 9.90 Å². The molecule has 0 bridgehead atoms. The van der Waals surface area contributed by atoms with E-state index in [0.717, 1.165) is 18.6 Å². The van der Waals surface area contributed by atoms with Gasteiger partial charge in [-0.25, -0.2) is 5.43 Å². The van der Waals surface area contributed by atoms with Crippen molar-refractivity contribution in [3.8, 4) is 5.75 Å². The highest BCUT2D eigenvalue weighted by atomic mass is 16.3. The van der Waals surface area contributed by atoms with Crippen LogP contribution in [0.3, 0.4) is 0 Å². The van der Waals surface area contributed by atoms with E-state index in [1.807, 2.05) is 0 Å². The fraction of sp³-hybridized carbons (Fsp3) is 0.286. The van der Waals surface area contributed by atoms with E-state index < -0.39 is 0 Å². The Morgan fingerprint density at radius 1 is 1.44 bits per heavy atom. The van der Waals surface area contributed by atoms with E-state index in [0.29, 0.717) is 17.4 Å². The summed E-state index contributed by atoms with van der Waals surface area (Å²) in [6.45, 7) is 0. The number of allylic oxidation sites excluding steroid dienone is 2. The molecule has 0 saturated heterocycles. The largest absolute Gasteiger partial charge is 0.508 e. The van der Waals surface area contributed by atoms with Crippen molar-refractivity contribution in [1.82, 2.24) is 5.43 Å². The number of carbonyl (C=O) groups is 1. The predicted molar refractivity (Wildman–Crippen MR) is 68.4 cm³/mol. The van der Waals surface area contributed by atoms with Gasteiger partial charge in [-0.2, -0.15) is 5.10 Å². The van der Waals surface area contributed by atoms with Crippen LogP contribution >= 0.6 is 0 Å². The minimum atomic E-state index is -0.284. The molecule has 2 atom stereocenters. The standard InChI is InChI=1S/C14H14N2O2/c17-11-5-1-4-10(7-11)14(18)16-15-13-8-9-3-2-6-12(9)13/h1-5,7,9,12,17H,6,8H2,(H,16,18)/b15-13-/t9-,12+/m0/s1.